The summed E-state index contributed by atoms with van der Waals surface area (Å²) in [4.78, 5) is 0. The molecule has 0 nitrogen and oxygen atoms in total. The third-order valence-electron chi connectivity index (χ3n) is 1.29. The molecule has 0 aliphatic heterocycles. The van der Waals surface area contributed by atoms with Gasteiger partial charge in [0.2, 0.25) is 0 Å². The van der Waals surface area contributed by atoms with Gasteiger partial charge in [-0.3, -0.25) is 0 Å². The third kappa shape index (κ3) is 1.53. The Labute approximate surface area is 54.4 Å². The molecular weight excluding hydrogens is 115 g/mol. The molecule has 0 fully saturated rings. The maximum Gasteiger partial charge on any atom is 0.119 e. The van der Waals surface area contributed by atoms with Crippen LogP contribution in [0.4, 0.5) is 4.39 Å². The molecule has 0 amide bonds. The lowest BCUT2D eigenvalue weighted by Crippen LogP contribution is -1.93. The Morgan fingerprint density at radius 3 is 3.11 bits per heavy atom. The van der Waals surface area contributed by atoms with Gasteiger partial charge in [0, 0.05) is 5.92 Å². The van der Waals surface area contributed by atoms with Crippen LogP contribution in [-0.2, 0) is 0 Å². The standard InChI is InChI=1S/C8H8F/c1-2-7-3-5-8(9)6-4-7/h2,5-7H,1,3H2. The van der Waals surface area contributed by atoms with Crippen LogP contribution in [0.15, 0.2) is 30.6 Å². The molecule has 1 atom stereocenters. The molecule has 1 radical (unpaired) electrons. The Kier molecular flexibility index (Phi) is 1.83. The van der Waals surface area contributed by atoms with E-state index in [1.807, 2.05) is 0 Å². The van der Waals surface area contributed by atoms with Crippen LogP contribution in [0.25, 0.3) is 0 Å². The molecule has 0 aromatic rings. The third-order valence-corrected chi connectivity index (χ3v) is 1.29. The Balaban J connectivity index is 2.58. The molecule has 1 rings (SSSR count). The predicted molar refractivity (Wildman–Crippen MR) is 35.3 cm³/mol. The van der Waals surface area contributed by atoms with E-state index >= 15 is 0 Å². The van der Waals surface area contributed by atoms with E-state index in [1.165, 1.54) is 6.08 Å². The predicted octanol–water partition coefficient (Wildman–Crippen LogP) is 2.41. The average Bonchev–Trinajstić information content (AvgIpc) is 1.90. The maximum absolute atomic E-state index is 12.2. The zero-order valence-corrected chi connectivity index (χ0v) is 5.10. The summed E-state index contributed by atoms with van der Waals surface area (Å²) in [5, 5.41) is 0. The van der Waals surface area contributed by atoms with Crippen LogP contribution in [0.1, 0.15) is 6.42 Å². The van der Waals surface area contributed by atoms with Crippen molar-refractivity contribution in [3.63, 3.8) is 0 Å². The second-order valence-corrected chi connectivity index (χ2v) is 1.98. The minimum absolute atomic E-state index is 0.187. The van der Waals surface area contributed by atoms with Crippen molar-refractivity contribution in [1.82, 2.24) is 0 Å². The summed E-state index contributed by atoms with van der Waals surface area (Å²) in [6.45, 7) is 3.58. The van der Waals surface area contributed by atoms with E-state index in [2.05, 4.69) is 12.7 Å². The number of allylic oxidation sites excluding steroid dienone is 5. The van der Waals surface area contributed by atoms with Crippen LogP contribution >= 0.6 is 0 Å². The van der Waals surface area contributed by atoms with Gasteiger partial charge >= 0.3 is 0 Å². The summed E-state index contributed by atoms with van der Waals surface area (Å²) in [6, 6.07) is 0. The molecule has 0 heterocycles. The second-order valence-electron chi connectivity index (χ2n) is 1.98. The van der Waals surface area contributed by atoms with Crippen molar-refractivity contribution in [3.05, 3.63) is 36.7 Å². The van der Waals surface area contributed by atoms with Crippen molar-refractivity contribution in [2.75, 3.05) is 0 Å². The summed E-state index contributed by atoms with van der Waals surface area (Å²) >= 11 is 0. The lowest BCUT2D eigenvalue weighted by Gasteiger charge is -2.05. The Hall–Kier alpha value is -0.850. The molecule has 0 aromatic carbocycles. The molecule has 47 valence electrons. The molecule has 0 saturated heterocycles. The van der Waals surface area contributed by atoms with Crippen molar-refractivity contribution in [2.45, 2.75) is 6.42 Å². The van der Waals surface area contributed by atoms with Crippen molar-refractivity contribution >= 4 is 0 Å². The first kappa shape index (κ1) is 6.27. The zero-order chi connectivity index (χ0) is 6.69. The lowest BCUT2D eigenvalue weighted by atomic mass is 10.0. The van der Waals surface area contributed by atoms with Gasteiger partial charge in [-0.2, -0.15) is 0 Å². The van der Waals surface area contributed by atoms with Gasteiger partial charge in [-0.15, -0.1) is 6.58 Å². The number of rotatable bonds is 1. The lowest BCUT2D eigenvalue weighted by molar-refractivity contribution is 0.634. The first-order valence-corrected chi connectivity index (χ1v) is 2.90. The van der Waals surface area contributed by atoms with E-state index in [4.69, 9.17) is 0 Å². The van der Waals surface area contributed by atoms with Crippen LogP contribution in [0, 0.1) is 12.0 Å². The van der Waals surface area contributed by atoms with Crippen molar-refractivity contribution in [3.8, 4) is 0 Å². The van der Waals surface area contributed by atoms with Gasteiger partial charge in [-0.25, -0.2) is 4.39 Å². The van der Waals surface area contributed by atoms with E-state index in [0.29, 0.717) is 6.42 Å². The first-order chi connectivity index (χ1) is 4.33. The largest absolute Gasteiger partial charge is 0.207 e. The van der Waals surface area contributed by atoms with E-state index in [1.54, 1.807) is 12.2 Å². The fourth-order valence-electron chi connectivity index (χ4n) is 0.717. The van der Waals surface area contributed by atoms with Gasteiger partial charge in [-0.1, -0.05) is 6.08 Å². The summed E-state index contributed by atoms with van der Waals surface area (Å²) < 4.78 is 12.2. The molecule has 1 aliphatic rings. The minimum Gasteiger partial charge on any atom is -0.207 e. The van der Waals surface area contributed by atoms with Crippen LogP contribution in [0.3, 0.4) is 0 Å². The van der Waals surface area contributed by atoms with Crippen molar-refractivity contribution in [2.24, 2.45) is 5.92 Å². The van der Waals surface area contributed by atoms with Crippen molar-refractivity contribution in [1.29, 1.82) is 0 Å². The molecule has 1 unspecified atom stereocenters. The van der Waals surface area contributed by atoms with E-state index < -0.39 is 0 Å². The summed E-state index contributed by atoms with van der Waals surface area (Å²) in [6.07, 6.45) is 8.20. The van der Waals surface area contributed by atoms with E-state index in [0.717, 1.165) is 0 Å². The number of hydrogen-bond donors (Lipinski definition) is 0. The van der Waals surface area contributed by atoms with Gasteiger partial charge in [0.05, 0.1) is 0 Å². The number of halogens is 1. The molecule has 0 bridgehead atoms. The highest BCUT2D eigenvalue weighted by atomic mass is 19.1. The second kappa shape index (κ2) is 2.62. The molecule has 0 saturated carbocycles. The maximum atomic E-state index is 12.2. The van der Waals surface area contributed by atoms with Crippen LogP contribution < -0.4 is 0 Å². The quantitative estimate of drug-likeness (QED) is 0.470. The van der Waals surface area contributed by atoms with Gasteiger partial charge < -0.3 is 0 Å². The van der Waals surface area contributed by atoms with E-state index in [9.17, 15) is 4.39 Å². The summed E-state index contributed by atoms with van der Waals surface area (Å²) in [7, 11) is 0. The fraction of sp³-hybridized carbons (Fsp3) is 0.250. The summed E-state index contributed by atoms with van der Waals surface area (Å²) in [5.74, 6) is 0.0256. The van der Waals surface area contributed by atoms with Crippen LogP contribution in [0.2, 0.25) is 0 Å². The van der Waals surface area contributed by atoms with Gasteiger partial charge in [0.1, 0.15) is 5.83 Å². The Bertz CT molecular complexity index is 165. The van der Waals surface area contributed by atoms with Crippen LogP contribution in [0.5, 0.6) is 0 Å². The highest BCUT2D eigenvalue weighted by molar-refractivity contribution is 5.16. The SMILES string of the molecule is C=CC1[C]=CC(F)=CC1. The van der Waals surface area contributed by atoms with Gasteiger partial charge in [-0.05, 0) is 24.6 Å². The average molecular weight is 123 g/mol. The molecule has 9 heavy (non-hydrogen) atoms. The normalized spacial score (nSPS) is 25.4. The topological polar surface area (TPSA) is 0 Å². The molecule has 0 aromatic heterocycles. The molecule has 0 N–H and O–H groups in total. The zero-order valence-electron chi connectivity index (χ0n) is 5.10. The smallest absolute Gasteiger partial charge is 0.119 e. The Morgan fingerprint density at radius 2 is 2.67 bits per heavy atom. The highest BCUT2D eigenvalue weighted by Gasteiger charge is 2.03. The molecule has 0 spiro atoms. The Morgan fingerprint density at radius 1 is 1.89 bits per heavy atom. The van der Waals surface area contributed by atoms with Crippen LogP contribution in [-0.4, -0.2) is 0 Å². The molecular formula is C8H8F. The minimum atomic E-state index is -0.187. The first-order valence-electron chi connectivity index (χ1n) is 2.90. The van der Waals surface area contributed by atoms with Gasteiger partial charge in [0.25, 0.3) is 0 Å². The molecule has 1 aliphatic carbocycles. The summed E-state index contributed by atoms with van der Waals surface area (Å²) in [5.41, 5.74) is 0. The fourth-order valence-corrected chi connectivity index (χ4v) is 0.717. The van der Waals surface area contributed by atoms with Gasteiger partial charge in [0.15, 0.2) is 0 Å². The van der Waals surface area contributed by atoms with E-state index in [-0.39, 0.29) is 11.7 Å². The highest BCUT2D eigenvalue weighted by Crippen LogP contribution is 2.15. The van der Waals surface area contributed by atoms with Crippen molar-refractivity contribution < 1.29 is 4.39 Å². The number of hydrogen-bond acceptors (Lipinski definition) is 0. The molecule has 1 heteroatoms. The monoisotopic (exact) mass is 123 g/mol.